The van der Waals surface area contributed by atoms with Crippen molar-refractivity contribution in [2.24, 2.45) is 5.10 Å². The number of hydrazone groups is 1. The molecule has 0 fully saturated rings. The van der Waals surface area contributed by atoms with E-state index >= 15 is 0 Å². The molecule has 2 atom stereocenters. The number of ether oxygens (including phenoxy) is 2. The number of hydrogen-bond donors (Lipinski definition) is 1. The Hall–Kier alpha value is -2.70. The molecule has 142 valence electrons. The molecule has 0 spiro atoms. The SMILES string of the molecule is COc1cc([C@@H]2Oc3ccccc3[C@@H]3CC(c4cccs4)=NN32)cc(Cl)c1O. The van der Waals surface area contributed by atoms with Crippen LogP contribution in [-0.4, -0.2) is 22.9 Å². The van der Waals surface area contributed by atoms with Gasteiger partial charge in [-0.05, 0) is 29.6 Å². The van der Waals surface area contributed by atoms with Gasteiger partial charge < -0.3 is 14.6 Å². The van der Waals surface area contributed by atoms with Crippen LogP contribution in [0.15, 0.2) is 59.0 Å². The number of phenolic OH excluding ortho intramolecular Hbond substituents is 1. The first-order valence-corrected chi connectivity index (χ1v) is 10.1. The smallest absolute Gasteiger partial charge is 0.214 e. The molecule has 3 heterocycles. The van der Waals surface area contributed by atoms with Crippen LogP contribution in [0, 0.1) is 0 Å². The number of para-hydroxylation sites is 1. The van der Waals surface area contributed by atoms with E-state index in [4.69, 9.17) is 26.2 Å². The average molecular weight is 413 g/mol. The summed E-state index contributed by atoms with van der Waals surface area (Å²) < 4.78 is 11.6. The highest BCUT2D eigenvalue weighted by Crippen LogP contribution is 2.49. The highest BCUT2D eigenvalue weighted by Gasteiger charge is 2.41. The number of nitrogens with zero attached hydrogens (tertiary/aromatic N) is 2. The van der Waals surface area contributed by atoms with Gasteiger partial charge in [0, 0.05) is 17.5 Å². The van der Waals surface area contributed by atoms with E-state index in [0.717, 1.165) is 33.9 Å². The molecule has 2 aliphatic heterocycles. The van der Waals surface area contributed by atoms with Crippen LogP contribution < -0.4 is 9.47 Å². The highest BCUT2D eigenvalue weighted by atomic mass is 35.5. The number of methoxy groups -OCH3 is 1. The molecule has 0 radical (unpaired) electrons. The minimum absolute atomic E-state index is 0.0747. The van der Waals surface area contributed by atoms with Crippen LogP contribution in [0.1, 0.15) is 34.7 Å². The van der Waals surface area contributed by atoms with Crippen molar-refractivity contribution < 1.29 is 14.6 Å². The Morgan fingerprint density at radius 3 is 2.89 bits per heavy atom. The van der Waals surface area contributed by atoms with Crippen LogP contribution in [0.3, 0.4) is 0 Å². The predicted molar refractivity (Wildman–Crippen MR) is 110 cm³/mol. The zero-order chi connectivity index (χ0) is 19.3. The number of benzene rings is 2. The molecule has 0 unspecified atom stereocenters. The molecule has 1 N–H and O–H groups in total. The third-order valence-electron chi connectivity index (χ3n) is 5.06. The fourth-order valence-corrected chi connectivity index (χ4v) is 4.68. The summed E-state index contributed by atoms with van der Waals surface area (Å²) in [6, 6.07) is 15.7. The Labute approximate surface area is 171 Å². The average Bonchev–Trinajstić information content (AvgIpc) is 3.39. The van der Waals surface area contributed by atoms with Crippen molar-refractivity contribution in [2.45, 2.75) is 18.7 Å². The van der Waals surface area contributed by atoms with Gasteiger partial charge in [0.1, 0.15) is 5.75 Å². The van der Waals surface area contributed by atoms with Crippen molar-refractivity contribution in [1.29, 1.82) is 0 Å². The molecule has 0 saturated heterocycles. The molecule has 0 amide bonds. The van der Waals surface area contributed by atoms with Gasteiger partial charge in [-0.1, -0.05) is 35.9 Å². The van der Waals surface area contributed by atoms with Crippen LogP contribution in [0.5, 0.6) is 17.2 Å². The van der Waals surface area contributed by atoms with E-state index in [1.165, 1.54) is 7.11 Å². The highest BCUT2D eigenvalue weighted by molar-refractivity contribution is 7.12. The summed E-state index contributed by atoms with van der Waals surface area (Å²) in [5, 5.41) is 19.3. The van der Waals surface area contributed by atoms with Crippen LogP contribution in [0.25, 0.3) is 0 Å². The second kappa shape index (κ2) is 6.72. The van der Waals surface area contributed by atoms with Crippen LogP contribution in [0.2, 0.25) is 5.02 Å². The Kier molecular flexibility index (Phi) is 4.18. The molecule has 28 heavy (non-hydrogen) atoms. The number of halogens is 1. The molecular weight excluding hydrogens is 396 g/mol. The monoisotopic (exact) mass is 412 g/mol. The maximum absolute atomic E-state index is 10.1. The molecule has 2 aliphatic rings. The first-order chi connectivity index (χ1) is 13.7. The second-order valence-corrected chi connectivity index (χ2v) is 8.04. The van der Waals surface area contributed by atoms with Gasteiger partial charge in [0.15, 0.2) is 11.5 Å². The van der Waals surface area contributed by atoms with Crippen molar-refractivity contribution in [2.75, 3.05) is 7.11 Å². The number of hydrogen-bond acceptors (Lipinski definition) is 6. The number of thiophene rings is 1. The third kappa shape index (κ3) is 2.72. The van der Waals surface area contributed by atoms with Crippen molar-refractivity contribution in [3.8, 4) is 17.2 Å². The predicted octanol–water partition coefficient (Wildman–Crippen LogP) is 5.36. The van der Waals surface area contributed by atoms with Crippen molar-refractivity contribution >= 4 is 28.6 Å². The van der Waals surface area contributed by atoms with Gasteiger partial charge in [-0.15, -0.1) is 11.3 Å². The molecular formula is C21H17ClN2O3S. The minimum atomic E-state index is -0.468. The first-order valence-electron chi connectivity index (χ1n) is 8.87. The molecule has 2 aromatic carbocycles. The largest absolute Gasteiger partial charge is 0.503 e. The molecule has 0 bridgehead atoms. The fraction of sp³-hybridized carbons (Fsp3) is 0.190. The third-order valence-corrected chi connectivity index (χ3v) is 6.27. The lowest BCUT2D eigenvalue weighted by molar-refractivity contribution is -0.0191. The quantitative estimate of drug-likeness (QED) is 0.629. The number of phenols is 1. The van der Waals surface area contributed by atoms with E-state index in [-0.39, 0.29) is 16.8 Å². The van der Waals surface area contributed by atoms with Crippen LogP contribution in [0.4, 0.5) is 0 Å². The lowest BCUT2D eigenvalue weighted by Crippen LogP contribution is -2.33. The van der Waals surface area contributed by atoms with Crippen LogP contribution in [-0.2, 0) is 0 Å². The lowest BCUT2D eigenvalue weighted by Gasteiger charge is -2.38. The zero-order valence-corrected chi connectivity index (χ0v) is 16.6. The maximum atomic E-state index is 10.1. The van der Waals surface area contributed by atoms with Gasteiger partial charge in [-0.2, -0.15) is 5.10 Å². The number of rotatable bonds is 3. The molecule has 1 aromatic heterocycles. The minimum Gasteiger partial charge on any atom is -0.503 e. The molecule has 0 aliphatic carbocycles. The van der Waals surface area contributed by atoms with Crippen molar-refractivity contribution in [3.05, 3.63) is 74.9 Å². The van der Waals surface area contributed by atoms with E-state index in [1.807, 2.05) is 29.3 Å². The summed E-state index contributed by atoms with van der Waals surface area (Å²) in [5.74, 6) is 1.06. The van der Waals surface area contributed by atoms with Crippen molar-refractivity contribution in [1.82, 2.24) is 5.01 Å². The molecule has 5 nitrogen and oxygen atoms in total. The summed E-state index contributed by atoms with van der Waals surface area (Å²) in [5.41, 5.74) is 2.93. The summed E-state index contributed by atoms with van der Waals surface area (Å²) in [4.78, 5) is 1.16. The zero-order valence-electron chi connectivity index (χ0n) is 15.0. The van der Waals surface area contributed by atoms with E-state index in [9.17, 15) is 5.11 Å². The topological polar surface area (TPSA) is 54.3 Å². The van der Waals surface area contributed by atoms with Gasteiger partial charge in [0.25, 0.3) is 0 Å². The molecule has 3 aromatic rings. The fourth-order valence-electron chi connectivity index (χ4n) is 3.74. The van der Waals surface area contributed by atoms with Crippen molar-refractivity contribution in [3.63, 3.8) is 0 Å². The van der Waals surface area contributed by atoms with Gasteiger partial charge in [-0.25, -0.2) is 5.01 Å². The maximum Gasteiger partial charge on any atom is 0.214 e. The van der Waals surface area contributed by atoms with E-state index in [2.05, 4.69) is 17.5 Å². The van der Waals surface area contributed by atoms with E-state index in [1.54, 1.807) is 23.5 Å². The Morgan fingerprint density at radius 1 is 1.25 bits per heavy atom. The van der Waals surface area contributed by atoms with Gasteiger partial charge >= 0.3 is 0 Å². The van der Waals surface area contributed by atoms with Gasteiger partial charge in [0.2, 0.25) is 6.23 Å². The Morgan fingerprint density at radius 2 is 2.11 bits per heavy atom. The standard InChI is InChI=1S/C21H17ClN2O3S/c1-26-18-10-12(9-14(22)20(18)25)21-24-16(13-5-2-3-6-17(13)27-21)11-15(23-24)19-7-4-8-28-19/h2-10,16,21,25H,11H2,1H3/t16-,21-/m0/s1. The summed E-state index contributed by atoms with van der Waals surface area (Å²) in [6.45, 7) is 0. The van der Waals surface area contributed by atoms with Gasteiger partial charge in [-0.3, -0.25) is 0 Å². The summed E-state index contributed by atoms with van der Waals surface area (Å²) >= 11 is 7.91. The molecule has 7 heteroatoms. The lowest BCUT2D eigenvalue weighted by atomic mass is 9.97. The number of fused-ring (bicyclic) bond motifs is 3. The Balaban J connectivity index is 1.63. The van der Waals surface area contributed by atoms with E-state index in [0.29, 0.717) is 5.75 Å². The normalized spacial score (nSPS) is 20.2. The summed E-state index contributed by atoms with van der Waals surface area (Å²) in [6.07, 6.45) is 0.338. The number of aromatic hydroxyl groups is 1. The molecule has 0 saturated carbocycles. The van der Waals surface area contributed by atoms with Gasteiger partial charge in [0.05, 0.1) is 28.8 Å². The second-order valence-electron chi connectivity index (χ2n) is 6.69. The first kappa shape index (κ1) is 17.4. The Bertz CT molecular complexity index is 1070. The van der Waals surface area contributed by atoms with E-state index < -0.39 is 6.23 Å². The van der Waals surface area contributed by atoms with Crippen LogP contribution >= 0.6 is 22.9 Å². The summed E-state index contributed by atoms with van der Waals surface area (Å²) in [7, 11) is 1.50. The molecule has 5 rings (SSSR count).